The Balaban J connectivity index is 0. The van der Waals surface area contributed by atoms with E-state index in [9.17, 15) is 0 Å². The van der Waals surface area contributed by atoms with Gasteiger partial charge in [0.2, 0.25) is 0 Å². The summed E-state index contributed by atoms with van der Waals surface area (Å²) < 4.78 is -0.889. The maximum absolute atomic E-state index is 8.98. The second kappa shape index (κ2) is 9.17. The Morgan fingerprint density at radius 2 is 1.80 bits per heavy atom. The number of halogens is 2. The van der Waals surface area contributed by atoms with Gasteiger partial charge in [-0.15, -0.1) is 0 Å². The van der Waals surface area contributed by atoms with Gasteiger partial charge in [0.1, 0.15) is 0 Å². The lowest BCUT2D eigenvalue weighted by Gasteiger charge is -1.94. The fourth-order valence-electron chi connectivity index (χ4n) is 0.258. The molecular formula is C5H10Cl2O3. The first-order chi connectivity index (χ1) is 4.50. The zero-order chi connectivity index (χ0) is 8.57. The number of carbonyl (C=O) groups is 1. The Kier molecular flexibility index (Phi) is 11.7. The van der Waals surface area contributed by atoms with Gasteiger partial charge in [0.05, 0.1) is 0 Å². The highest BCUT2D eigenvalue weighted by Crippen LogP contribution is 1.88. The van der Waals surface area contributed by atoms with Crippen LogP contribution in [0.4, 0.5) is 4.79 Å². The second-order valence-electron chi connectivity index (χ2n) is 1.50. The fourth-order valence-corrected chi connectivity index (χ4v) is 0.258. The maximum Gasteiger partial charge on any atom is 0.313 e. The molecular weight excluding hydrogens is 179 g/mol. The molecule has 0 atom stereocenters. The van der Waals surface area contributed by atoms with E-state index in [0.29, 0.717) is 6.42 Å². The molecule has 0 aromatic heterocycles. The third-order valence-corrected chi connectivity index (χ3v) is 0.547. The summed E-state index contributed by atoms with van der Waals surface area (Å²) in [6.07, 6.45) is 0.215. The Bertz CT molecular complexity index is 81.0. The predicted octanol–water partition coefficient (Wildman–Crippen LogP) is 1.68. The fraction of sp³-hybridized carbons (Fsp3) is 0.800. The van der Waals surface area contributed by atoms with Crippen LogP contribution >= 0.6 is 23.2 Å². The summed E-state index contributed by atoms with van der Waals surface area (Å²) in [6, 6.07) is 0. The van der Waals surface area contributed by atoms with Gasteiger partial charge >= 0.3 is 4.70 Å². The number of hydrogen-bond donors (Lipinski definition) is 2. The summed E-state index contributed by atoms with van der Waals surface area (Å²) in [5.41, 5.74) is 0. The van der Waals surface area contributed by atoms with Crippen LogP contribution in [0.3, 0.4) is 0 Å². The van der Waals surface area contributed by atoms with Crippen molar-refractivity contribution in [2.75, 3.05) is 0 Å². The molecule has 0 aliphatic heterocycles. The standard InChI is InChI=1S/C4H10O2.CCl2O/c1-2-3-4(5)6;2-1(3)4/h4-6H,2-3H2,1H3;. The van der Waals surface area contributed by atoms with Crippen molar-refractivity contribution in [2.45, 2.75) is 26.1 Å². The molecule has 3 nitrogen and oxygen atoms in total. The first kappa shape index (κ1) is 12.8. The second-order valence-corrected chi connectivity index (χ2v) is 2.38. The molecule has 0 saturated carbocycles. The van der Waals surface area contributed by atoms with Crippen LogP contribution in [0.2, 0.25) is 0 Å². The molecule has 62 valence electrons. The normalized spacial score (nSPS) is 8.60. The minimum atomic E-state index is -1.10. The first-order valence-corrected chi connectivity index (χ1v) is 3.47. The van der Waals surface area contributed by atoms with E-state index >= 15 is 0 Å². The number of aliphatic hydroxyl groups is 2. The average molecular weight is 189 g/mol. The Morgan fingerprint density at radius 1 is 1.50 bits per heavy atom. The maximum atomic E-state index is 8.98. The van der Waals surface area contributed by atoms with Gasteiger partial charge in [-0.2, -0.15) is 0 Å². The van der Waals surface area contributed by atoms with Gasteiger partial charge in [0.15, 0.2) is 6.29 Å². The number of rotatable bonds is 2. The summed E-state index contributed by atoms with van der Waals surface area (Å²) >= 11 is 8.80. The monoisotopic (exact) mass is 188 g/mol. The van der Waals surface area contributed by atoms with Gasteiger partial charge in [-0.3, -0.25) is 4.79 Å². The lowest BCUT2D eigenvalue weighted by atomic mass is 10.3. The molecule has 0 amide bonds. The quantitative estimate of drug-likeness (QED) is 0.513. The molecule has 0 aromatic rings. The van der Waals surface area contributed by atoms with Crippen LogP contribution in [0.1, 0.15) is 19.8 Å². The van der Waals surface area contributed by atoms with Gasteiger partial charge < -0.3 is 10.2 Å². The topological polar surface area (TPSA) is 57.5 Å². The van der Waals surface area contributed by atoms with Crippen LogP contribution in [-0.4, -0.2) is 21.2 Å². The minimum absolute atomic E-state index is 0.486. The Labute approximate surface area is 69.6 Å². The highest BCUT2D eigenvalue weighted by molar-refractivity contribution is 6.93. The van der Waals surface area contributed by atoms with Crippen LogP contribution < -0.4 is 0 Å². The molecule has 0 rings (SSSR count). The van der Waals surface area contributed by atoms with E-state index in [-0.39, 0.29) is 0 Å². The molecule has 0 radical (unpaired) electrons. The SMILES string of the molecule is CCCC(O)O.O=C(Cl)Cl. The third-order valence-electron chi connectivity index (χ3n) is 0.547. The molecule has 0 spiro atoms. The molecule has 0 aromatic carbocycles. The lowest BCUT2D eigenvalue weighted by Crippen LogP contribution is -2.01. The predicted molar refractivity (Wildman–Crippen MR) is 40.2 cm³/mol. The Morgan fingerprint density at radius 3 is 1.80 bits per heavy atom. The summed E-state index contributed by atoms with van der Waals surface area (Å²) in [7, 11) is 0. The van der Waals surface area contributed by atoms with E-state index < -0.39 is 11.0 Å². The molecule has 5 heteroatoms. The van der Waals surface area contributed by atoms with E-state index in [1.54, 1.807) is 0 Å². The smallest absolute Gasteiger partial charge is 0.313 e. The first-order valence-electron chi connectivity index (χ1n) is 2.71. The van der Waals surface area contributed by atoms with Gasteiger partial charge in [0.25, 0.3) is 0 Å². The molecule has 0 bridgehead atoms. The van der Waals surface area contributed by atoms with E-state index in [4.69, 9.17) is 15.0 Å². The van der Waals surface area contributed by atoms with Gasteiger partial charge in [-0.05, 0) is 29.6 Å². The molecule has 0 unspecified atom stereocenters. The molecule has 0 aliphatic carbocycles. The van der Waals surface area contributed by atoms with Crippen molar-refractivity contribution in [3.63, 3.8) is 0 Å². The van der Waals surface area contributed by atoms with Crippen LogP contribution in [-0.2, 0) is 0 Å². The largest absolute Gasteiger partial charge is 0.368 e. The minimum Gasteiger partial charge on any atom is -0.368 e. The molecule has 2 N–H and O–H groups in total. The van der Waals surface area contributed by atoms with Crippen molar-refractivity contribution >= 4 is 27.9 Å². The van der Waals surface area contributed by atoms with E-state index in [2.05, 4.69) is 23.2 Å². The van der Waals surface area contributed by atoms with Crippen molar-refractivity contribution in [3.8, 4) is 0 Å². The van der Waals surface area contributed by atoms with Crippen LogP contribution in [0.15, 0.2) is 0 Å². The molecule has 0 saturated heterocycles. The average Bonchev–Trinajstić information content (AvgIpc) is 1.62. The number of hydrogen-bond acceptors (Lipinski definition) is 3. The zero-order valence-electron chi connectivity index (χ0n) is 5.55. The van der Waals surface area contributed by atoms with Crippen LogP contribution in [0.5, 0.6) is 0 Å². The van der Waals surface area contributed by atoms with Gasteiger partial charge in [-0.1, -0.05) is 13.3 Å². The number of aliphatic hydroxyl groups excluding tert-OH is 1. The summed E-state index contributed by atoms with van der Waals surface area (Å²) in [5.74, 6) is 0. The summed E-state index contributed by atoms with van der Waals surface area (Å²) in [4.78, 5) is 8.98. The van der Waals surface area contributed by atoms with E-state index in [1.807, 2.05) is 6.92 Å². The molecule has 0 heterocycles. The van der Waals surface area contributed by atoms with Crippen molar-refractivity contribution in [3.05, 3.63) is 0 Å². The van der Waals surface area contributed by atoms with Crippen molar-refractivity contribution in [1.82, 2.24) is 0 Å². The highest BCUT2D eigenvalue weighted by atomic mass is 35.5. The Hall–Kier alpha value is 0.170. The van der Waals surface area contributed by atoms with Crippen molar-refractivity contribution in [2.24, 2.45) is 0 Å². The summed E-state index contributed by atoms with van der Waals surface area (Å²) in [6.45, 7) is 1.90. The van der Waals surface area contributed by atoms with E-state index in [1.165, 1.54) is 0 Å². The van der Waals surface area contributed by atoms with Crippen LogP contribution in [0.25, 0.3) is 0 Å². The van der Waals surface area contributed by atoms with Crippen LogP contribution in [0, 0.1) is 0 Å². The lowest BCUT2D eigenvalue weighted by molar-refractivity contribution is -0.0453. The van der Waals surface area contributed by atoms with Crippen molar-refractivity contribution in [1.29, 1.82) is 0 Å². The zero-order valence-corrected chi connectivity index (χ0v) is 7.06. The molecule has 0 fully saturated rings. The van der Waals surface area contributed by atoms with Gasteiger partial charge in [0, 0.05) is 0 Å². The van der Waals surface area contributed by atoms with Gasteiger partial charge in [-0.25, -0.2) is 0 Å². The van der Waals surface area contributed by atoms with Crippen molar-refractivity contribution < 1.29 is 15.0 Å². The number of carbonyl (C=O) groups excluding carboxylic acids is 1. The third kappa shape index (κ3) is 41.8. The van der Waals surface area contributed by atoms with E-state index in [0.717, 1.165) is 6.42 Å². The molecule has 0 aliphatic rings. The summed E-state index contributed by atoms with van der Waals surface area (Å²) in [5, 5.41) is 16.2. The highest BCUT2D eigenvalue weighted by Gasteiger charge is 1.89. The molecule has 10 heavy (non-hydrogen) atoms.